The zero-order valence-corrected chi connectivity index (χ0v) is 8.74. The molecule has 0 saturated heterocycles. The average Bonchev–Trinajstić information content (AvgIpc) is 2.15. The predicted octanol–water partition coefficient (Wildman–Crippen LogP) is 0.518. The molecule has 5 heteroatoms. The largest absolute Gasteiger partial charge is 0.464 e. The zero-order valence-electron chi connectivity index (χ0n) is 8.74. The van der Waals surface area contributed by atoms with Gasteiger partial charge in [-0.25, -0.2) is 9.59 Å². The van der Waals surface area contributed by atoms with Gasteiger partial charge in [0.2, 0.25) is 0 Å². The van der Waals surface area contributed by atoms with Crippen LogP contribution in [0.5, 0.6) is 0 Å². The van der Waals surface area contributed by atoms with Crippen LogP contribution in [0.15, 0.2) is 0 Å². The second-order valence-corrected chi connectivity index (χ2v) is 2.51. The molecular formula is C9H16O5. The van der Waals surface area contributed by atoms with Gasteiger partial charge in [-0.05, 0) is 20.8 Å². The van der Waals surface area contributed by atoms with Crippen LogP contribution in [0.25, 0.3) is 0 Å². The molecule has 0 saturated carbocycles. The van der Waals surface area contributed by atoms with Crippen molar-refractivity contribution in [3.8, 4) is 0 Å². The van der Waals surface area contributed by atoms with Gasteiger partial charge in [0.15, 0.2) is 6.10 Å². The van der Waals surface area contributed by atoms with Crippen LogP contribution >= 0.6 is 0 Å². The van der Waals surface area contributed by atoms with Gasteiger partial charge in [0.05, 0.1) is 13.2 Å². The van der Waals surface area contributed by atoms with E-state index >= 15 is 0 Å². The lowest BCUT2D eigenvalue weighted by molar-refractivity contribution is -0.161. The molecular weight excluding hydrogens is 188 g/mol. The zero-order chi connectivity index (χ0) is 11.0. The summed E-state index contributed by atoms with van der Waals surface area (Å²) in [5.74, 6) is -0.958. The summed E-state index contributed by atoms with van der Waals surface area (Å²) in [5.41, 5.74) is 0. The maximum atomic E-state index is 11.0. The van der Waals surface area contributed by atoms with Gasteiger partial charge < -0.3 is 14.2 Å². The van der Waals surface area contributed by atoms with Crippen molar-refractivity contribution in [2.24, 2.45) is 0 Å². The Morgan fingerprint density at radius 1 is 1.14 bits per heavy atom. The standard InChI is InChI=1S/C9H16O5/c1-4-12-8(10)6-14-7(3)9(11)13-5-2/h7H,4-6H2,1-3H3/t7-/m0/s1. The summed E-state index contributed by atoms with van der Waals surface area (Å²) in [7, 11) is 0. The highest BCUT2D eigenvalue weighted by Gasteiger charge is 2.15. The van der Waals surface area contributed by atoms with Crippen molar-refractivity contribution in [1.82, 2.24) is 0 Å². The Bertz CT molecular complexity index is 190. The van der Waals surface area contributed by atoms with E-state index in [1.165, 1.54) is 6.92 Å². The number of rotatable bonds is 6. The third-order valence-electron chi connectivity index (χ3n) is 1.38. The van der Waals surface area contributed by atoms with Crippen LogP contribution < -0.4 is 0 Å². The Morgan fingerprint density at radius 2 is 1.71 bits per heavy atom. The van der Waals surface area contributed by atoms with E-state index in [4.69, 9.17) is 4.74 Å². The minimum Gasteiger partial charge on any atom is -0.464 e. The fourth-order valence-corrected chi connectivity index (χ4v) is 0.723. The summed E-state index contributed by atoms with van der Waals surface area (Å²) in [6, 6.07) is 0. The Labute approximate surface area is 83.3 Å². The minimum atomic E-state index is -0.737. The number of esters is 2. The maximum Gasteiger partial charge on any atom is 0.334 e. The summed E-state index contributed by atoms with van der Waals surface area (Å²) < 4.78 is 14.2. The quantitative estimate of drug-likeness (QED) is 0.590. The molecule has 1 atom stereocenters. The second-order valence-electron chi connectivity index (χ2n) is 2.51. The predicted molar refractivity (Wildman–Crippen MR) is 48.7 cm³/mol. The number of carbonyl (C=O) groups is 2. The van der Waals surface area contributed by atoms with Crippen LogP contribution in [-0.2, 0) is 23.8 Å². The molecule has 0 fully saturated rings. The minimum absolute atomic E-state index is 0.228. The van der Waals surface area contributed by atoms with Crippen LogP contribution in [0.2, 0.25) is 0 Å². The topological polar surface area (TPSA) is 61.8 Å². The fourth-order valence-electron chi connectivity index (χ4n) is 0.723. The summed E-state index contributed by atoms with van der Waals surface area (Å²) in [6.45, 7) is 5.30. The smallest absolute Gasteiger partial charge is 0.334 e. The Balaban J connectivity index is 3.67. The van der Waals surface area contributed by atoms with Gasteiger partial charge in [-0.15, -0.1) is 0 Å². The molecule has 0 aromatic carbocycles. The lowest BCUT2D eigenvalue weighted by Crippen LogP contribution is -2.26. The van der Waals surface area contributed by atoms with Crippen molar-refractivity contribution in [3.05, 3.63) is 0 Å². The highest BCUT2D eigenvalue weighted by Crippen LogP contribution is 1.95. The van der Waals surface area contributed by atoms with E-state index in [9.17, 15) is 9.59 Å². The van der Waals surface area contributed by atoms with Gasteiger partial charge in [0.25, 0.3) is 0 Å². The van der Waals surface area contributed by atoms with E-state index in [-0.39, 0.29) is 6.61 Å². The highest BCUT2D eigenvalue weighted by atomic mass is 16.6. The highest BCUT2D eigenvalue weighted by molar-refractivity contribution is 5.75. The number of ether oxygens (including phenoxy) is 3. The van der Waals surface area contributed by atoms with E-state index < -0.39 is 18.0 Å². The molecule has 82 valence electrons. The first kappa shape index (κ1) is 12.9. The Morgan fingerprint density at radius 3 is 2.21 bits per heavy atom. The van der Waals surface area contributed by atoms with Gasteiger partial charge in [0.1, 0.15) is 6.61 Å². The monoisotopic (exact) mass is 204 g/mol. The summed E-state index contributed by atoms with van der Waals surface area (Å²) >= 11 is 0. The number of hydrogen-bond acceptors (Lipinski definition) is 5. The van der Waals surface area contributed by atoms with Crippen molar-refractivity contribution in [2.75, 3.05) is 19.8 Å². The van der Waals surface area contributed by atoms with Gasteiger partial charge >= 0.3 is 11.9 Å². The summed E-state index contributed by atoms with van der Waals surface area (Å²) in [6.07, 6.45) is -0.737. The van der Waals surface area contributed by atoms with Crippen LogP contribution in [0.4, 0.5) is 0 Å². The third-order valence-corrected chi connectivity index (χ3v) is 1.38. The Kier molecular flexibility index (Phi) is 6.74. The fraction of sp³-hybridized carbons (Fsp3) is 0.778. The molecule has 0 radical (unpaired) electrons. The number of hydrogen-bond donors (Lipinski definition) is 0. The molecule has 0 aromatic heterocycles. The first-order chi connectivity index (χ1) is 6.61. The van der Waals surface area contributed by atoms with Crippen LogP contribution in [0.1, 0.15) is 20.8 Å². The first-order valence-electron chi connectivity index (χ1n) is 4.55. The molecule has 0 rings (SSSR count). The van der Waals surface area contributed by atoms with Gasteiger partial charge in [-0.3, -0.25) is 0 Å². The van der Waals surface area contributed by atoms with Crippen LogP contribution in [0, 0.1) is 0 Å². The maximum absolute atomic E-state index is 11.0. The van der Waals surface area contributed by atoms with Crippen molar-refractivity contribution < 1.29 is 23.8 Å². The van der Waals surface area contributed by atoms with Gasteiger partial charge in [0, 0.05) is 0 Å². The summed E-state index contributed by atoms with van der Waals surface area (Å²) in [5, 5.41) is 0. The van der Waals surface area contributed by atoms with E-state index in [2.05, 4.69) is 9.47 Å². The molecule has 0 aliphatic carbocycles. The van der Waals surface area contributed by atoms with Gasteiger partial charge in [-0.2, -0.15) is 0 Å². The molecule has 5 nitrogen and oxygen atoms in total. The second kappa shape index (κ2) is 7.32. The van der Waals surface area contributed by atoms with Crippen molar-refractivity contribution in [3.63, 3.8) is 0 Å². The molecule has 0 bridgehead atoms. The lowest BCUT2D eigenvalue weighted by atomic mass is 10.4. The van der Waals surface area contributed by atoms with Crippen molar-refractivity contribution in [1.29, 1.82) is 0 Å². The van der Waals surface area contributed by atoms with Gasteiger partial charge in [-0.1, -0.05) is 0 Å². The molecule has 0 aliphatic heterocycles. The SMILES string of the molecule is CCOC(=O)CO[C@@H](C)C(=O)OCC. The lowest BCUT2D eigenvalue weighted by Gasteiger charge is -2.10. The van der Waals surface area contributed by atoms with E-state index in [0.29, 0.717) is 13.2 Å². The van der Waals surface area contributed by atoms with E-state index in [1.54, 1.807) is 13.8 Å². The normalized spacial score (nSPS) is 11.9. The van der Waals surface area contributed by atoms with E-state index in [0.717, 1.165) is 0 Å². The van der Waals surface area contributed by atoms with Crippen LogP contribution in [-0.4, -0.2) is 37.9 Å². The molecule has 0 heterocycles. The molecule has 0 unspecified atom stereocenters. The van der Waals surface area contributed by atoms with Crippen molar-refractivity contribution >= 4 is 11.9 Å². The summed E-state index contributed by atoms with van der Waals surface area (Å²) in [4.78, 5) is 21.8. The van der Waals surface area contributed by atoms with Crippen LogP contribution in [0.3, 0.4) is 0 Å². The number of carbonyl (C=O) groups excluding carboxylic acids is 2. The molecule has 0 N–H and O–H groups in total. The molecule has 0 spiro atoms. The van der Waals surface area contributed by atoms with E-state index in [1.807, 2.05) is 0 Å². The molecule has 14 heavy (non-hydrogen) atoms. The molecule has 0 aromatic rings. The molecule has 0 amide bonds. The first-order valence-corrected chi connectivity index (χ1v) is 4.55. The third kappa shape index (κ3) is 5.53. The average molecular weight is 204 g/mol. The van der Waals surface area contributed by atoms with Crippen molar-refractivity contribution in [2.45, 2.75) is 26.9 Å². The Hall–Kier alpha value is -1.10. The molecule has 0 aliphatic rings.